The van der Waals surface area contributed by atoms with Crippen molar-refractivity contribution in [3.05, 3.63) is 58.1 Å². The van der Waals surface area contributed by atoms with Crippen LogP contribution < -0.4 is 10.6 Å². The summed E-state index contributed by atoms with van der Waals surface area (Å²) < 4.78 is 0. The Morgan fingerprint density at radius 2 is 1.82 bits per heavy atom. The van der Waals surface area contributed by atoms with E-state index in [1.165, 1.54) is 23.6 Å². The van der Waals surface area contributed by atoms with Gasteiger partial charge in [0.2, 0.25) is 17.7 Å². The summed E-state index contributed by atoms with van der Waals surface area (Å²) in [5.41, 5.74) is 4.49. The largest absolute Gasteiger partial charge is 0.355 e. The predicted molar refractivity (Wildman–Crippen MR) is 134 cm³/mol. The third-order valence-electron chi connectivity index (χ3n) is 5.27. The summed E-state index contributed by atoms with van der Waals surface area (Å²) in [6.07, 6.45) is -0.00240. The number of aryl methyl sites for hydroxylation is 3. The van der Waals surface area contributed by atoms with Crippen molar-refractivity contribution >= 4 is 57.6 Å². The molecule has 1 aliphatic heterocycles. The van der Waals surface area contributed by atoms with Crippen LogP contribution in [0.3, 0.4) is 0 Å². The van der Waals surface area contributed by atoms with E-state index in [0.717, 1.165) is 22.4 Å². The van der Waals surface area contributed by atoms with Gasteiger partial charge in [0.25, 0.3) is 0 Å². The van der Waals surface area contributed by atoms with Gasteiger partial charge in [0, 0.05) is 37.1 Å². The maximum Gasteiger partial charge on any atom is 0.242 e. The summed E-state index contributed by atoms with van der Waals surface area (Å²) in [7, 11) is 0. The molecule has 3 rings (SSSR count). The number of nitrogens with zero attached hydrogens (tertiary/aromatic N) is 2. The molecule has 0 saturated carbocycles. The lowest BCUT2D eigenvalue weighted by atomic mass is 10.1. The number of anilines is 1. The summed E-state index contributed by atoms with van der Waals surface area (Å²) in [5.74, 6) is -0.658. The van der Waals surface area contributed by atoms with E-state index in [2.05, 4.69) is 15.6 Å². The Labute approximate surface area is 203 Å². The van der Waals surface area contributed by atoms with Gasteiger partial charge in [0.15, 0.2) is 5.17 Å². The zero-order valence-corrected chi connectivity index (χ0v) is 20.6. The molecule has 9 heteroatoms. The number of carbonyl (C=O) groups is 3. The van der Waals surface area contributed by atoms with Crippen molar-refractivity contribution < 1.29 is 14.4 Å². The molecule has 2 aromatic rings. The van der Waals surface area contributed by atoms with Crippen LogP contribution in [0, 0.1) is 20.8 Å². The zero-order valence-electron chi connectivity index (χ0n) is 19.1. The fourth-order valence-corrected chi connectivity index (χ4v) is 4.60. The Kier molecular flexibility index (Phi) is 8.15. The van der Waals surface area contributed by atoms with Gasteiger partial charge in [-0.25, -0.2) is 4.99 Å². The standard InChI is InChI=1S/C24H27ClN4O3S/c1-14-5-7-18(11-16(14)3)28-24-29(10-9-26-17(4)30)23(32)21(33-24)13-22(31)27-19-8-6-15(2)20(25)12-19/h5-8,11-12,21H,9-10,13H2,1-4H3,(H,26,30)(H,27,31). The number of halogens is 1. The smallest absolute Gasteiger partial charge is 0.242 e. The minimum atomic E-state index is -0.603. The highest BCUT2D eigenvalue weighted by Gasteiger charge is 2.39. The fourth-order valence-electron chi connectivity index (χ4n) is 3.23. The number of rotatable bonds is 7. The number of amides is 3. The lowest BCUT2D eigenvalue weighted by molar-refractivity contribution is -0.128. The number of amidine groups is 1. The second kappa shape index (κ2) is 10.9. The van der Waals surface area contributed by atoms with Crippen molar-refractivity contribution in [1.82, 2.24) is 10.2 Å². The van der Waals surface area contributed by atoms with E-state index in [9.17, 15) is 14.4 Å². The maximum atomic E-state index is 13.1. The van der Waals surface area contributed by atoms with Crippen LogP contribution in [0.1, 0.15) is 30.0 Å². The van der Waals surface area contributed by atoms with Crippen LogP contribution in [-0.2, 0) is 14.4 Å². The Morgan fingerprint density at radius 1 is 1.09 bits per heavy atom. The first-order valence-electron chi connectivity index (χ1n) is 10.6. The Hall–Kier alpha value is -2.84. The summed E-state index contributed by atoms with van der Waals surface area (Å²) in [5, 5.41) is 5.98. The van der Waals surface area contributed by atoms with E-state index in [1.807, 2.05) is 45.0 Å². The van der Waals surface area contributed by atoms with E-state index in [1.54, 1.807) is 12.1 Å². The zero-order chi connectivity index (χ0) is 24.1. The van der Waals surface area contributed by atoms with Crippen LogP contribution >= 0.6 is 23.4 Å². The number of hydrogen-bond donors (Lipinski definition) is 2. The van der Waals surface area contributed by atoms with Gasteiger partial charge in [-0.1, -0.05) is 35.5 Å². The summed E-state index contributed by atoms with van der Waals surface area (Å²) in [4.78, 5) is 43.2. The average molecular weight is 487 g/mol. The normalized spacial score (nSPS) is 16.9. The molecule has 0 aliphatic carbocycles. The molecule has 1 atom stereocenters. The molecule has 1 saturated heterocycles. The SMILES string of the molecule is CC(=O)NCCN1C(=O)C(CC(=O)Nc2ccc(C)c(Cl)c2)SC1=Nc1ccc(C)c(C)c1. The third kappa shape index (κ3) is 6.58. The number of hydrogen-bond acceptors (Lipinski definition) is 5. The minimum absolute atomic E-state index is 0.00240. The number of carbonyl (C=O) groups excluding carboxylic acids is 3. The van der Waals surface area contributed by atoms with E-state index in [4.69, 9.17) is 11.6 Å². The first-order valence-corrected chi connectivity index (χ1v) is 11.8. The van der Waals surface area contributed by atoms with Gasteiger partial charge in [0.05, 0.1) is 5.69 Å². The summed E-state index contributed by atoms with van der Waals surface area (Å²) in [6, 6.07) is 11.1. The molecule has 2 aromatic carbocycles. The number of aliphatic imine (C=N–C) groups is 1. The molecule has 0 bridgehead atoms. The van der Waals surface area contributed by atoms with E-state index < -0.39 is 5.25 Å². The lowest BCUT2D eigenvalue weighted by Gasteiger charge is -2.16. The molecule has 33 heavy (non-hydrogen) atoms. The van der Waals surface area contributed by atoms with Crippen molar-refractivity contribution in [2.75, 3.05) is 18.4 Å². The lowest BCUT2D eigenvalue weighted by Crippen LogP contribution is -2.39. The second-order valence-corrected chi connectivity index (χ2v) is 9.54. The van der Waals surface area contributed by atoms with Crippen molar-refractivity contribution in [3.63, 3.8) is 0 Å². The van der Waals surface area contributed by atoms with Gasteiger partial charge < -0.3 is 10.6 Å². The maximum absolute atomic E-state index is 13.1. The van der Waals surface area contributed by atoms with Crippen LogP contribution in [-0.4, -0.2) is 46.1 Å². The molecule has 7 nitrogen and oxygen atoms in total. The quantitative estimate of drug-likeness (QED) is 0.608. The van der Waals surface area contributed by atoms with Crippen LogP contribution in [0.2, 0.25) is 5.02 Å². The van der Waals surface area contributed by atoms with Crippen molar-refractivity contribution in [3.8, 4) is 0 Å². The van der Waals surface area contributed by atoms with E-state index >= 15 is 0 Å². The molecule has 1 fully saturated rings. The number of thioether (sulfide) groups is 1. The highest BCUT2D eigenvalue weighted by atomic mass is 35.5. The van der Waals surface area contributed by atoms with Crippen LogP contribution in [0.5, 0.6) is 0 Å². The molecule has 1 heterocycles. The molecular weight excluding hydrogens is 460 g/mol. The van der Waals surface area contributed by atoms with Crippen molar-refractivity contribution in [2.45, 2.75) is 39.4 Å². The van der Waals surface area contributed by atoms with Crippen LogP contribution in [0.25, 0.3) is 0 Å². The molecule has 0 spiro atoms. The molecule has 174 valence electrons. The van der Waals surface area contributed by atoms with Gasteiger partial charge in [-0.15, -0.1) is 0 Å². The van der Waals surface area contributed by atoms with E-state index in [-0.39, 0.29) is 30.7 Å². The van der Waals surface area contributed by atoms with Gasteiger partial charge in [-0.05, 0) is 61.7 Å². The average Bonchev–Trinajstić information content (AvgIpc) is 3.02. The first-order chi connectivity index (χ1) is 15.6. The summed E-state index contributed by atoms with van der Waals surface area (Å²) in [6.45, 7) is 7.92. The molecule has 0 aromatic heterocycles. The number of benzene rings is 2. The fraction of sp³-hybridized carbons (Fsp3) is 0.333. The van der Waals surface area contributed by atoms with Crippen molar-refractivity contribution in [1.29, 1.82) is 0 Å². The number of nitrogens with one attached hydrogen (secondary N) is 2. The minimum Gasteiger partial charge on any atom is -0.355 e. The predicted octanol–water partition coefficient (Wildman–Crippen LogP) is 4.36. The Bertz CT molecular complexity index is 1120. The summed E-state index contributed by atoms with van der Waals surface area (Å²) >= 11 is 7.40. The molecule has 3 amide bonds. The topological polar surface area (TPSA) is 90.9 Å². The molecule has 1 unspecified atom stereocenters. The second-order valence-electron chi connectivity index (χ2n) is 7.96. The third-order valence-corrected chi connectivity index (χ3v) is 6.85. The van der Waals surface area contributed by atoms with Gasteiger partial charge >= 0.3 is 0 Å². The molecular formula is C24H27ClN4O3S. The highest BCUT2D eigenvalue weighted by molar-refractivity contribution is 8.15. The van der Waals surface area contributed by atoms with Gasteiger partial charge in [-0.3, -0.25) is 19.3 Å². The molecule has 0 radical (unpaired) electrons. The van der Waals surface area contributed by atoms with Crippen LogP contribution in [0.4, 0.5) is 11.4 Å². The first kappa shape index (κ1) is 24.8. The van der Waals surface area contributed by atoms with Crippen LogP contribution in [0.15, 0.2) is 41.4 Å². The Morgan fingerprint density at radius 3 is 2.48 bits per heavy atom. The van der Waals surface area contributed by atoms with E-state index in [0.29, 0.717) is 22.4 Å². The van der Waals surface area contributed by atoms with Crippen molar-refractivity contribution in [2.24, 2.45) is 4.99 Å². The van der Waals surface area contributed by atoms with Gasteiger partial charge in [0.1, 0.15) is 5.25 Å². The van der Waals surface area contributed by atoms with Gasteiger partial charge in [-0.2, -0.15) is 0 Å². The highest BCUT2D eigenvalue weighted by Crippen LogP contribution is 2.32. The monoisotopic (exact) mass is 486 g/mol. The molecule has 1 aliphatic rings. The molecule has 2 N–H and O–H groups in total. The Balaban J connectivity index is 1.76.